The van der Waals surface area contributed by atoms with Gasteiger partial charge >= 0.3 is 0 Å². The molecular weight excluding hydrogens is 541 g/mol. The van der Waals surface area contributed by atoms with Gasteiger partial charge in [-0.15, -0.1) is 11.3 Å². The van der Waals surface area contributed by atoms with Gasteiger partial charge in [-0.25, -0.2) is 9.37 Å². The van der Waals surface area contributed by atoms with Crippen LogP contribution in [0.25, 0.3) is 10.8 Å². The third kappa shape index (κ3) is 5.83. The Morgan fingerprint density at radius 2 is 1.84 bits per heavy atom. The van der Waals surface area contributed by atoms with E-state index in [9.17, 15) is 0 Å². The van der Waals surface area contributed by atoms with E-state index in [4.69, 9.17) is 21.1 Å². The van der Waals surface area contributed by atoms with Gasteiger partial charge < -0.3 is 14.8 Å². The Kier molecular flexibility index (Phi) is 8.22. The van der Waals surface area contributed by atoms with Crippen molar-refractivity contribution in [2.45, 2.75) is 18.0 Å². The lowest BCUT2D eigenvalue weighted by Gasteiger charge is -2.22. The lowest BCUT2D eigenvalue weighted by Crippen LogP contribution is -2.15. The van der Waals surface area contributed by atoms with Crippen LogP contribution in [0.5, 0.6) is 11.5 Å². The van der Waals surface area contributed by atoms with E-state index >= 15 is 4.39 Å². The third-order valence-corrected chi connectivity index (χ3v) is 8.27. The number of thiazole rings is 1. The minimum atomic E-state index is -0.372. The molecule has 0 saturated heterocycles. The van der Waals surface area contributed by atoms with Gasteiger partial charge in [0, 0.05) is 29.8 Å². The smallest absolute Gasteiger partial charge is 0.195 e. The van der Waals surface area contributed by atoms with Crippen LogP contribution in [0.1, 0.15) is 11.1 Å². The number of hydrogen-bond acceptors (Lipinski definition) is 7. The highest BCUT2D eigenvalue weighted by molar-refractivity contribution is 8.00. The summed E-state index contributed by atoms with van der Waals surface area (Å²) in [7, 11) is 3.22. The van der Waals surface area contributed by atoms with Crippen LogP contribution < -0.4 is 19.1 Å². The quantitative estimate of drug-likeness (QED) is 0.171. The van der Waals surface area contributed by atoms with Crippen LogP contribution in [0.2, 0.25) is 5.02 Å². The highest BCUT2D eigenvalue weighted by Gasteiger charge is 2.19. The van der Waals surface area contributed by atoms with E-state index in [2.05, 4.69) is 34.6 Å². The average Bonchev–Trinajstić information content (AvgIpc) is 3.49. The molecule has 0 spiro atoms. The van der Waals surface area contributed by atoms with Gasteiger partial charge in [0.25, 0.3) is 0 Å². The molecule has 194 valence electrons. The summed E-state index contributed by atoms with van der Waals surface area (Å²) in [5.41, 5.74) is 2.57. The van der Waals surface area contributed by atoms with Crippen LogP contribution in [-0.2, 0) is 13.1 Å². The molecule has 0 fully saturated rings. The Hall–Kier alpha value is -3.46. The highest BCUT2D eigenvalue weighted by atomic mass is 35.5. The first-order valence-corrected chi connectivity index (χ1v) is 13.8. The minimum Gasteiger partial charge on any atom is -0.497 e. The van der Waals surface area contributed by atoms with Crippen molar-refractivity contribution < 1.29 is 13.9 Å². The topological polar surface area (TPSA) is 46.6 Å². The van der Waals surface area contributed by atoms with Crippen LogP contribution in [0.3, 0.4) is 0 Å². The fraction of sp³-hybridized carbons (Fsp3) is 0.138. The van der Waals surface area contributed by atoms with Crippen molar-refractivity contribution >= 4 is 56.5 Å². The summed E-state index contributed by atoms with van der Waals surface area (Å²) >= 11 is 9.34. The molecule has 5 aromatic rings. The van der Waals surface area contributed by atoms with E-state index in [1.165, 1.54) is 29.4 Å². The summed E-state index contributed by atoms with van der Waals surface area (Å²) in [5.74, 6) is 1.00. The molecule has 1 N–H and O–H groups in total. The number of halogens is 2. The summed E-state index contributed by atoms with van der Waals surface area (Å²) in [6.45, 7) is 0.957. The predicted octanol–water partition coefficient (Wildman–Crippen LogP) is 8.43. The maximum absolute atomic E-state index is 15.4. The predicted molar refractivity (Wildman–Crippen MR) is 156 cm³/mol. The Morgan fingerprint density at radius 1 is 1.00 bits per heavy atom. The second-order valence-electron chi connectivity index (χ2n) is 8.37. The zero-order valence-corrected chi connectivity index (χ0v) is 23.2. The van der Waals surface area contributed by atoms with Gasteiger partial charge in [0.05, 0.1) is 36.4 Å². The molecule has 0 aliphatic heterocycles. The average molecular weight is 566 g/mol. The normalized spacial score (nSPS) is 10.9. The number of nitrogens with zero attached hydrogens (tertiary/aromatic N) is 2. The lowest BCUT2D eigenvalue weighted by molar-refractivity contribution is 0.391. The Balaban J connectivity index is 1.37. The molecule has 1 heterocycles. The number of methoxy groups -OCH3 is 2. The molecule has 0 saturated carbocycles. The van der Waals surface area contributed by atoms with E-state index in [1.54, 1.807) is 26.5 Å². The molecule has 0 atom stereocenters. The van der Waals surface area contributed by atoms with Crippen molar-refractivity contribution in [1.29, 1.82) is 0 Å². The van der Waals surface area contributed by atoms with E-state index in [0.29, 0.717) is 40.2 Å². The summed E-state index contributed by atoms with van der Waals surface area (Å²) in [6, 6.07) is 23.1. The molecule has 38 heavy (non-hydrogen) atoms. The van der Waals surface area contributed by atoms with E-state index < -0.39 is 0 Å². The van der Waals surface area contributed by atoms with Crippen LogP contribution in [0.4, 0.5) is 15.2 Å². The first-order chi connectivity index (χ1) is 18.6. The van der Waals surface area contributed by atoms with Gasteiger partial charge in [-0.3, -0.25) is 4.31 Å². The van der Waals surface area contributed by atoms with Gasteiger partial charge in [-0.05, 0) is 52.5 Å². The van der Waals surface area contributed by atoms with Crippen molar-refractivity contribution in [3.05, 3.63) is 106 Å². The van der Waals surface area contributed by atoms with Gasteiger partial charge in [0.2, 0.25) is 0 Å². The molecule has 0 unspecified atom stereocenters. The zero-order valence-electron chi connectivity index (χ0n) is 20.8. The molecule has 0 bridgehead atoms. The van der Waals surface area contributed by atoms with Gasteiger partial charge in [0.1, 0.15) is 17.3 Å². The van der Waals surface area contributed by atoms with E-state index in [1.807, 2.05) is 46.1 Å². The molecule has 1 aromatic heterocycles. The van der Waals surface area contributed by atoms with Crippen molar-refractivity contribution in [3.63, 3.8) is 0 Å². The number of hydrogen-bond donors (Lipinski definition) is 1. The number of fused-ring (bicyclic) bond motifs is 1. The Morgan fingerprint density at radius 3 is 2.63 bits per heavy atom. The minimum absolute atomic E-state index is 0.372. The van der Waals surface area contributed by atoms with E-state index in [-0.39, 0.29) is 5.82 Å². The number of benzene rings is 4. The molecular formula is C29H25ClFN3O2S2. The van der Waals surface area contributed by atoms with Crippen molar-refractivity contribution in [2.24, 2.45) is 0 Å². The van der Waals surface area contributed by atoms with Crippen LogP contribution in [0, 0.1) is 5.82 Å². The second kappa shape index (κ2) is 11.9. The first kappa shape index (κ1) is 26.2. The van der Waals surface area contributed by atoms with Gasteiger partial charge in [0.15, 0.2) is 5.13 Å². The molecule has 9 heteroatoms. The first-order valence-electron chi connectivity index (χ1n) is 11.8. The maximum Gasteiger partial charge on any atom is 0.195 e. The van der Waals surface area contributed by atoms with Gasteiger partial charge in [-0.2, -0.15) is 0 Å². The summed E-state index contributed by atoms with van der Waals surface area (Å²) in [6.07, 6.45) is 1.72. The summed E-state index contributed by atoms with van der Waals surface area (Å²) < 4.78 is 28.2. The highest BCUT2D eigenvalue weighted by Crippen LogP contribution is 2.38. The number of ether oxygens (including phenoxy) is 2. The number of aromatic nitrogens is 1. The van der Waals surface area contributed by atoms with Crippen molar-refractivity contribution in [1.82, 2.24) is 4.98 Å². The van der Waals surface area contributed by atoms with Crippen LogP contribution in [-0.4, -0.2) is 19.2 Å². The number of nitrogens with one attached hydrogen (secondary N) is 1. The molecule has 0 aliphatic rings. The van der Waals surface area contributed by atoms with Gasteiger partial charge in [-0.1, -0.05) is 54.1 Å². The fourth-order valence-electron chi connectivity index (χ4n) is 4.11. The molecule has 5 rings (SSSR count). The Labute approximate surface area is 234 Å². The SMILES string of the molecule is COc1ccc(CN(Sc2cc(Cl)c(NCc3cccc4ccccc34)cc2F)c2nccs2)c(OC)c1. The second-order valence-corrected chi connectivity index (χ2v) is 10.7. The van der Waals surface area contributed by atoms with Crippen molar-refractivity contribution in [2.75, 3.05) is 23.8 Å². The third-order valence-electron chi connectivity index (χ3n) is 6.02. The number of rotatable bonds is 10. The monoisotopic (exact) mass is 565 g/mol. The molecule has 4 aromatic carbocycles. The van der Waals surface area contributed by atoms with Crippen molar-refractivity contribution in [3.8, 4) is 11.5 Å². The number of anilines is 2. The van der Waals surface area contributed by atoms with Crippen LogP contribution in [0.15, 0.2) is 89.3 Å². The van der Waals surface area contributed by atoms with Crippen LogP contribution >= 0.6 is 34.9 Å². The fourth-order valence-corrected chi connectivity index (χ4v) is 6.07. The standard InChI is InChI=1S/C29H25ClFN3O2S2/c1-35-22-11-10-21(27(14-22)36-2)18-34(29-32-12-13-37-29)38-28-15-24(30)26(16-25(28)31)33-17-20-8-5-7-19-6-3-4-9-23(19)20/h3-16,33H,17-18H2,1-2H3. The molecule has 0 aliphatic carbocycles. The molecule has 0 amide bonds. The van der Waals surface area contributed by atoms with E-state index in [0.717, 1.165) is 27.0 Å². The zero-order chi connectivity index (χ0) is 26.5. The molecule has 5 nitrogen and oxygen atoms in total. The maximum atomic E-state index is 15.4. The Bertz CT molecular complexity index is 1540. The summed E-state index contributed by atoms with van der Waals surface area (Å²) in [4.78, 5) is 4.84. The summed E-state index contributed by atoms with van der Waals surface area (Å²) in [5, 5.41) is 8.68. The largest absolute Gasteiger partial charge is 0.497 e. The molecule has 0 radical (unpaired) electrons. The lowest BCUT2D eigenvalue weighted by atomic mass is 10.0.